The molecule has 4 rings (SSSR count). The molecule has 1 aliphatic heterocycles. The van der Waals surface area contributed by atoms with Gasteiger partial charge < -0.3 is 19.1 Å². The molecule has 6 nitrogen and oxygen atoms in total. The third-order valence-corrected chi connectivity index (χ3v) is 5.27. The first-order valence-electron chi connectivity index (χ1n) is 9.58. The summed E-state index contributed by atoms with van der Waals surface area (Å²) in [5, 5.41) is 0. The summed E-state index contributed by atoms with van der Waals surface area (Å²) in [5.41, 5.74) is 3.62. The van der Waals surface area contributed by atoms with E-state index in [0.717, 1.165) is 23.1 Å². The summed E-state index contributed by atoms with van der Waals surface area (Å²) in [7, 11) is 6.01. The van der Waals surface area contributed by atoms with Crippen molar-refractivity contribution in [3.8, 4) is 0 Å². The number of amides is 1. The first kappa shape index (κ1) is 18.7. The molecule has 1 aliphatic rings. The Balaban J connectivity index is 1.70. The van der Waals surface area contributed by atoms with Crippen LogP contribution in [0.4, 0.5) is 0 Å². The Kier molecular flexibility index (Phi) is 5.15. The number of benzene rings is 2. The zero-order chi connectivity index (χ0) is 19.7. The lowest BCUT2D eigenvalue weighted by Crippen LogP contribution is -2.51. The van der Waals surface area contributed by atoms with E-state index < -0.39 is 0 Å². The van der Waals surface area contributed by atoms with Crippen molar-refractivity contribution < 1.29 is 9.53 Å². The highest BCUT2D eigenvalue weighted by Gasteiger charge is 2.37. The number of aryl methyl sites for hydroxylation is 1. The topological polar surface area (TPSA) is 50.6 Å². The van der Waals surface area contributed by atoms with Crippen LogP contribution in [0.1, 0.15) is 22.0 Å². The van der Waals surface area contributed by atoms with Gasteiger partial charge in [0.15, 0.2) is 0 Å². The van der Waals surface area contributed by atoms with Gasteiger partial charge in [0, 0.05) is 25.7 Å². The van der Waals surface area contributed by atoms with Crippen molar-refractivity contribution in [3.63, 3.8) is 0 Å². The quantitative estimate of drug-likeness (QED) is 0.701. The molecule has 2 heterocycles. The van der Waals surface area contributed by atoms with Gasteiger partial charge >= 0.3 is 0 Å². The SMILES string of the molecule is CN(C)C[C@@H]1OCCN(C(=O)c2ccc3c(c2)ncn3C)[C@H]1c1ccccc1. The van der Waals surface area contributed by atoms with E-state index in [1.54, 1.807) is 6.33 Å². The Bertz CT molecular complexity index is 967. The molecule has 0 spiro atoms. The molecular formula is C22H26N4O2. The largest absolute Gasteiger partial charge is 0.373 e. The van der Waals surface area contributed by atoms with E-state index in [4.69, 9.17) is 4.74 Å². The third-order valence-electron chi connectivity index (χ3n) is 5.27. The second-order valence-electron chi connectivity index (χ2n) is 7.58. The van der Waals surface area contributed by atoms with Crippen LogP contribution in [0.3, 0.4) is 0 Å². The number of imidazole rings is 1. The standard InChI is InChI=1S/C22H26N4O2/c1-24(2)14-20-21(16-7-5-4-6-8-16)26(11-12-28-20)22(27)17-9-10-19-18(13-17)23-15-25(19)3/h4-10,13,15,20-21H,11-12,14H2,1-3H3/t20-,21-/m0/s1. The van der Waals surface area contributed by atoms with E-state index in [9.17, 15) is 4.79 Å². The molecule has 0 aliphatic carbocycles. The number of carbonyl (C=O) groups is 1. The summed E-state index contributed by atoms with van der Waals surface area (Å²) >= 11 is 0. The third kappa shape index (κ3) is 3.53. The monoisotopic (exact) mass is 378 g/mol. The minimum atomic E-state index is -0.121. The maximum atomic E-state index is 13.5. The van der Waals surface area contributed by atoms with Crippen LogP contribution >= 0.6 is 0 Å². The summed E-state index contributed by atoms with van der Waals surface area (Å²) in [6, 6.07) is 15.8. The molecular weight excluding hydrogens is 352 g/mol. The Hall–Kier alpha value is -2.70. The molecule has 1 aromatic heterocycles. The van der Waals surface area contributed by atoms with Crippen LogP contribution in [0.25, 0.3) is 11.0 Å². The van der Waals surface area contributed by atoms with Crippen LogP contribution in [0.5, 0.6) is 0 Å². The number of carbonyl (C=O) groups excluding carboxylic acids is 1. The van der Waals surface area contributed by atoms with Crippen LogP contribution < -0.4 is 0 Å². The van der Waals surface area contributed by atoms with Crippen LogP contribution in [0.15, 0.2) is 54.9 Å². The van der Waals surface area contributed by atoms with Crippen molar-refractivity contribution in [3.05, 3.63) is 66.0 Å². The Morgan fingerprint density at radius 1 is 1.21 bits per heavy atom. The van der Waals surface area contributed by atoms with Gasteiger partial charge in [-0.2, -0.15) is 0 Å². The molecule has 1 saturated heterocycles. The maximum Gasteiger partial charge on any atom is 0.254 e. The first-order chi connectivity index (χ1) is 13.5. The lowest BCUT2D eigenvalue weighted by Gasteiger charge is -2.42. The zero-order valence-corrected chi connectivity index (χ0v) is 16.6. The fourth-order valence-electron chi connectivity index (χ4n) is 3.95. The average molecular weight is 378 g/mol. The van der Waals surface area contributed by atoms with Crippen LogP contribution in [-0.2, 0) is 11.8 Å². The zero-order valence-electron chi connectivity index (χ0n) is 16.6. The van der Waals surface area contributed by atoms with E-state index in [-0.39, 0.29) is 18.1 Å². The number of ether oxygens (including phenoxy) is 1. The predicted octanol–water partition coefficient (Wildman–Crippen LogP) is 2.72. The maximum absolute atomic E-state index is 13.5. The van der Waals surface area contributed by atoms with Gasteiger partial charge in [0.1, 0.15) is 0 Å². The van der Waals surface area contributed by atoms with Crippen molar-refractivity contribution in [2.24, 2.45) is 7.05 Å². The fraction of sp³-hybridized carbons (Fsp3) is 0.364. The van der Waals surface area contributed by atoms with Crippen molar-refractivity contribution in [2.75, 3.05) is 33.8 Å². The van der Waals surface area contributed by atoms with Crippen molar-refractivity contribution in [1.82, 2.24) is 19.4 Å². The molecule has 0 saturated carbocycles. The molecule has 146 valence electrons. The molecule has 2 atom stereocenters. The summed E-state index contributed by atoms with van der Waals surface area (Å²) in [6.07, 6.45) is 1.70. The van der Waals surface area contributed by atoms with Crippen molar-refractivity contribution in [1.29, 1.82) is 0 Å². The number of morpholine rings is 1. The molecule has 0 bridgehead atoms. The van der Waals surface area contributed by atoms with Gasteiger partial charge in [-0.25, -0.2) is 4.98 Å². The van der Waals surface area contributed by atoms with Crippen molar-refractivity contribution >= 4 is 16.9 Å². The molecule has 0 unspecified atom stereocenters. The Morgan fingerprint density at radius 3 is 2.75 bits per heavy atom. The molecule has 1 fully saturated rings. The minimum absolute atomic E-state index is 0.0217. The van der Waals surface area contributed by atoms with Crippen LogP contribution in [0.2, 0.25) is 0 Å². The number of fused-ring (bicyclic) bond motifs is 1. The predicted molar refractivity (Wildman–Crippen MR) is 109 cm³/mol. The second-order valence-corrected chi connectivity index (χ2v) is 7.58. The number of likely N-dealkylation sites (N-methyl/N-ethyl adjacent to an activating group) is 1. The van der Waals surface area contributed by atoms with Gasteiger partial charge in [-0.1, -0.05) is 30.3 Å². The molecule has 3 aromatic rings. The van der Waals surface area contributed by atoms with E-state index in [0.29, 0.717) is 18.7 Å². The number of hydrogen-bond acceptors (Lipinski definition) is 4. The van der Waals surface area contributed by atoms with Gasteiger partial charge in [0.2, 0.25) is 0 Å². The minimum Gasteiger partial charge on any atom is -0.373 e. The number of aromatic nitrogens is 2. The number of nitrogens with zero attached hydrogens (tertiary/aromatic N) is 4. The normalized spacial score (nSPS) is 20.1. The smallest absolute Gasteiger partial charge is 0.254 e. The summed E-state index contributed by atoms with van der Waals surface area (Å²) in [5.74, 6) is 0.0217. The highest BCUT2D eigenvalue weighted by molar-refractivity contribution is 5.97. The van der Waals surface area contributed by atoms with Crippen molar-refractivity contribution in [2.45, 2.75) is 12.1 Å². The van der Waals surface area contributed by atoms with Crippen LogP contribution in [0, 0.1) is 0 Å². The van der Waals surface area contributed by atoms with Crippen LogP contribution in [-0.4, -0.2) is 65.2 Å². The summed E-state index contributed by atoms with van der Waals surface area (Å²) in [6.45, 7) is 1.87. The highest BCUT2D eigenvalue weighted by atomic mass is 16.5. The highest BCUT2D eigenvalue weighted by Crippen LogP contribution is 2.31. The number of hydrogen-bond donors (Lipinski definition) is 0. The summed E-state index contributed by atoms with van der Waals surface area (Å²) < 4.78 is 8.05. The number of rotatable bonds is 4. The molecule has 28 heavy (non-hydrogen) atoms. The Labute approximate surface area is 165 Å². The first-order valence-corrected chi connectivity index (χ1v) is 9.58. The van der Waals surface area contributed by atoms with Gasteiger partial charge in [-0.15, -0.1) is 0 Å². The molecule has 0 N–H and O–H groups in total. The van der Waals surface area contributed by atoms with Gasteiger partial charge in [0.05, 0.1) is 36.1 Å². The lowest BCUT2D eigenvalue weighted by molar-refractivity contribution is -0.0684. The fourth-order valence-corrected chi connectivity index (χ4v) is 3.95. The van der Waals surface area contributed by atoms with Gasteiger partial charge in [-0.05, 0) is 37.9 Å². The van der Waals surface area contributed by atoms with Gasteiger partial charge in [-0.3, -0.25) is 4.79 Å². The van der Waals surface area contributed by atoms with E-state index >= 15 is 0 Å². The Morgan fingerprint density at radius 2 is 2.00 bits per heavy atom. The second kappa shape index (κ2) is 7.73. The van der Waals surface area contributed by atoms with E-state index in [2.05, 4.69) is 22.0 Å². The molecule has 0 radical (unpaired) electrons. The molecule has 2 aromatic carbocycles. The molecule has 6 heteroatoms. The summed E-state index contributed by atoms with van der Waals surface area (Å²) in [4.78, 5) is 21.9. The average Bonchev–Trinajstić information content (AvgIpc) is 3.08. The van der Waals surface area contributed by atoms with E-state index in [1.165, 1.54) is 0 Å². The van der Waals surface area contributed by atoms with E-state index in [1.807, 2.05) is 67.0 Å². The molecule has 1 amide bonds. The van der Waals surface area contributed by atoms with Gasteiger partial charge in [0.25, 0.3) is 5.91 Å². The lowest BCUT2D eigenvalue weighted by atomic mass is 9.96.